The molecule has 3 N–H and O–H groups in total. The minimum atomic E-state index is -0.833. The fourth-order valence-electron chi connectivity index (χ4n) is 0. The molecule has 1 radical (unpaired) electrons. The van der Waals surface area contributed by atoms with Crippen molar-refractivity contribution in [2.75, 3.05) is 0 Å². The molecule has 0 unspecified atom stereocenters. The van der Waals surface area contributed by atoms with E-state index in [4.69, 9.17) is 9.90 Å². The van der Waals surface area contributed by atoms with Crippen LogP contribution in [0.25, 0.3) is 0 Å². The zero-order valence-electron chi connectivity index (χ0n) is 5.23. The van der Waals surface area contributed by atoms with Crippen molar-refractivity contribution in [3.8, 4) is 0 Å². The zero-order valence-corrected chi connectivity index (χ0v) is 5.41. The molecule has 5 heteroatoms. The second kappa shape index (κ2) is 16.0. The Bertz CT molecular complexity index is 40.3. The summed E-state index contributed by atoms with van der Waals surface area (Å²) in [5, 5.41) is 7.42. The maximum absolute atomic E-state index is 9.00. The third-order valence-corrected chi connectivity index (χ3v) is 0. The van der Waals surface area contributed by atoms with Gasteiger partial charge in [-0.25, -0.2) is 0 Å². The van der Waals surface area contributed by atoms with E-state index < -0.39 is 5.97 Å². The van der Waals surface area contributed by atoms with Gasteiger partial charge in [0.05, 0.1) is 0 Å². The maximum atomic E-state index is 9.00. The van der Waals surface area contributed by atoms with Gasteiger partial charge in [0.1, 0.15) is 0 Å². The average Bonchev–Trinajstić information content (AvgIpc) is 0.811. The Kier molecular flexibility index (Phi) is 58.8. The van der Waals surface area contributed by atoms with Gasteiger partial charge in [-0.1, -0.05) is 0 Å². The molecular weight excluding hydrogens is 134 g/mol. The van der Waals surface area contributed by atoms with Gasteiger partial charge in [-0.05, 0) is 0 Å². The van der Waals surface area contributed by atoms with Crippen molar-refractivity contribution in [3.63, 3.8) is 0 Å². The first-order valence-electron chi connectivity index (χ1n) is 0.928. The van der Waals surface area contributed by atoms with Crippen molar-refractivity contribution < 1.29 is 52.7 Å². The van der Waals surface area contributed by atoms with Crippen LogP contribution >= 0.6 is 0 Å². The van der Waals surface area contributed by atoms with E-state index in [9.17, 15) is 0 Å². The smallest absolute Gasteiger partial charge is 1.00 e. The van der Waals surface area contributed by atoms with Crippen molar-refractivity contribution >= 4 is 5.97 Å². The number of rotatable bonds is 0. The summed E-state index contributed by atoms with van der Waals surface area (Å²) in [6, 6.07) is 0. The number of aliphatic carboxylic acids is 1. The van der Waals surface area contributed by atoms with Gasteiger partial charge < -0.3 is 12.0 Å². The van der Waals surface area contributed by atoms with Crippen LogP contribution in [-0.4, -0.2) is 16.6 Å². The quantitative estimate of drug-likeness (QED) is 0.354. The minimum absolute atomic E-state index is 0. The second-order valence-electron chi connectivity index (χ2n) is 0.519. The molecule has 0 bridgehead atoms. The van der Waals surface area contributed by atoms with Crippen molar-refractivity contribution in [1.29, 1.82) is 0 Å². The maximum Gasteiger partial charge on any atom is 1.00 e. The van der Waals surface area contributed by atoms with E-state index in [1.165, 1.54) is 0 Å². The Morgan fingerprint density at radius 1 is 1.71 bits per heavy atom. The van der Waals surface area contributed by atoms with E-state index >= 15 is 0 Å². The van der Waals surface area contributed by atoms with Gasteiger partial charge in [-0.3, -0.25) is 4.79 Å². The molecule has 0 aromatic heterocycles. The van der Waals surface area contributed by atoms with Gasteiger partial charge in [0, 0.05) is 24.0 Å². The molecule has 0 rings (SSSR count). The molecule has 0 atom stereocenters. The fourth-order valence-corrected chi connectivity index (χ4v) is 0. The first-order valence-corrected chi connectivity index (χ1v) is 0.928. The summed E-state index contributed by atoms with van der Waals surface area (Å²) >= 11 is 0. The van der Waals surface area contributed by atoms with Crippen LogP contribution in [-0.2, 0) is 21.9 Å². The Morgan fingerprint density at radius 2 is 1.71 bits per heavy atom. The molecule has 0 aromatic carbocycles. The molecule has 0 fully saturated rings. The van der Waals surface area contributed by atoms with Crippen LogP contribution < -0.4 is 18.9 Å². The average molecular weight is 141 g/mol. The summed E-state index contributed by atoms with van der Waals surface area (Å²) in [6.07, 6.45) is 0. The molecule has 0 aliphatic rings. The summed E-state index contributed by atoms with van der Waals surface area (Å²) < 4.78 is 0. The molecule has 0 aliphatic heterocycles. The molecule has 0 aromatic rings. The van der Waals surface area contributed by atoms with Gasteiger partial charge in [-0.2, -0.15) is 0 Å². The van der Waals surface area contributed by atoms with Crippen molar-refractivity contribution in [2.45, 2.75) is 6.92 Å². The summed E-state index contributed by atoms with van der Waals surface area (Å²) in [5.41, 5.74) is 0. The Balaban J connectivity index is -0.00000000750. The van der Waals surface area contributed by atoms with Gasteiger partial charge in [0.2, 0.25) is 0 Å². The largest absolute Gasteiger partial charge is 1.00 e. The minimum Gasteiger partial charge on any atom is -1.00 e. The molecule has 0 amide bonds. The summed E-state index contributed by atoms with van der Waals surface area (Å²) in [6.45, 7) is 1.08. The van der Waals surface area contributed by atoms with E-state index in [1.807, 2.05) is 0 Å². The first-order chi connectivity index (χ1) is 1.73. The van der Waals surface area contributed by atoms with E-state index in [1.54, 1.807) is 0 Å². The van der Waals surface area contributed by atoms with Crippen molar-refractivity contribution in [1.82, 2.24) is 0 Å². The van der Waals surface area contributed by atoms with E-state index in [0.29, 0.717) is 0 Å². The fraction of sp³-hybridized carbons (Fsp3) is 0.500. The number of carbonyl (C=O) groups is 1. The normalized spacial score (nSPS) is 3.57. The van der Waals surface area contributed by atoms with Crippen LogP contribution in [0, 0.1) is 0 Å². The Morgan fingerprint density at radius 3 is 1.71 bits per heavy atom. The van der Waals surface area contributed by atoms with Crippen LogP contribution in [0.1, 0.15) is 8.35 Å². The zero-order chi connectivity index (χ0) is 3.58. The molecule has 41 valence electrons. The molecule has 3 nitrogen and oxygen atoms in total. The van der Waals surface area contributed by atoms with Crippen LogP contribution in [0.3, 0.4) is 0 Å². The van der Waals surface area contributed by atoms with Crippen molar-refractivity contribution in [3.05, 3.63) is 0 Å². The summed E-state index contributed by atoms with van der Waals surface area (Å²) in [5.74, 6) is -0.833. The summed E-state index contributed by atoms with van der Waals surface area (Å²) in [7, 11) is 0. The van der Waals surface area contributed by atoms with Crippen LogP contribution in [0.2, 0.25) is 0 Å². The number of carboxylic acids is 1. The molecule has 7 heavy (non-hydrogen) atoms. The predicted octanol–water partition coefficient (Wildman–Crippen LogP) is -3.62. The Labute approximate surface area is 65.9 Å². The summed E-state index contributed by atoms with van der Waals surface area (Å²) in [4.78, 5) is 9.00. The Hall–Kier alpha value is 0.547. The van der Waals surface area contributed by atoms with Crippen LogP contribution in [0.5, 0.6) is 0 Å². The second-order valence-corrected chi connectivity index (χ2v) is 0.519. The van der Waals surface area contributed by atoms with Crippen LogP contribution in [0.4, 0.5) is 0 Å². The molecule has 0 heterocycles. The molecule has 0 aliphatic carbocycles. The number of hydrogen-bond donors (Lipinski definition) is 1. The molecule has 0 spiro atoms. The SMILES string of the molecule is CC(=O)O.O.[H-].[Li+].[Mn]. The molecular formula is C2H7LiMnO3. The van der Waals surface area contributed by atoms with Gasteiger partial charge >= 0.3 is 18.9 Å². The van der Waals surface area contributed by atoms with Gasteiger partial charge in [-0.15, -0.1) is 0 Å². The standard InChI is InChI=1S/C2H4O2.Li.Mn.H2O.H/c1-2(3)4;;;;/h1H3,(H,3,4);;;1H2;/q;+1;;;-1. The van der Waals surface area contributed by atoms with Crippen LogP contribution in [0.15, 0.2) is 0 Å². The van der Waals surface area contributed by atoms with Gasteiger partial charge in [0.15, 0.2) is 0 Å². The number of carboxylic acid groups (broad SMARTS) is 1. The molecule has 0 saturated heterocycles. The number of hydrogen-bond acceptors (Lipinski definition) is 1. The third kappa shape index (κ3) is 453. The van der Waals surface area contributed by atoms with E-state index in [0.717, 1.165) is 6.92 Å². The van der Waals surface area contributed by atoms with E-state index in [-0.39, 0.29) is 42.8 Å². The predicted molar refractivity (Wildman–Crippen MR) is 18.0 cm³/mol. The molecule has 0 saturated carbocycles. The third-order valence-electron chi connectivity index (χ3n) is 0. The van der Waals surface area contributed by atoms with E-state index in [2.05, 4.69) is 0 Å². The first kappa shape index (κ1) is 25.7. The van der Waals surface area contributed by atoms with Gasteiger partial charge in [0.25, 0.3) is 5.97 Å². The van der Waals surface area contributed by atoms with Crippen molar-refractivity contribution in [2.24, 2.45) is 0 Å². The monoisotopic (exact) mass is 141 g/mol. The topological polar surface area (TPSA) is 68.8 Å².